The highest BCUT2D eigenvalue weighted by Crippen LogP contribution is 2.30. The zero-order chi connectivity index (χ0) is 20.4. The summed E-state index contributed by atoms with van der Waals surface area (Å²) < 4.78 is 25.4. The van der Waals surface area contributed by atoms with Crippen molar-refractivity contribution in [2.24, 2.45) is 0 Å². The van der Waals surface area contributed by atoms with Crippen molar-refractivity contribution < 1.29 is 13.6 Å². The number of alkyl halides is 2. The number of nitrogens with one attached hydrogen (secondary N) is 3. The van der Waals surface area contributed by atoms with Crippen LogP contribution in [0.5, 0.6) is 0 Å². The summed E-state index contributed by atoms with van der Waals surface area (Å²) in [6.45, 7) is 0.822. The molecule has 5 nitrogen and oxygen atoms in total. The average Bonchev–Trinajstić information content (AvgIpc) is 3.17. The second-order valence-corrected chi connectivity index (χ2v) is 7.31. The van der Waals surface area contributed by atoms with Crippen molar-refractivity contribution >= 4 is 34.1 Å². The molecule has 1 aliphatic heterocycles. The van der Waals surface area contributed by atoms with Gasteiger partial charge in [0.2, 0.25) is 5.91 Å². The van der Waals surface area contributed by atoms with Gasteiger partial charge in [-0.25, -0.2) is 8.78 Å². The van der Waals surface area contributed by atoms with E-state index in [-0.39, 0.29) is 0 Å². The Kier molecular flexibility index (Phi) is 5.60. The van der Waals surface area contributed by atoms with Crippen LogP contribution in [0.1, 0.15) is 22.7 Å². The fourth-order valence-corrected chi connectivity index (χ4v) is 3.75. The van der Waals surface area contributed by atoms with Crippen molar-refractivity contribution in [2.45, 2.75) is 25.6 Å². The number of benzene rings is 2. The second-order valence-electron chi connectivity index (χ2n) is 6.87. The van der Waals surface area contributed by atoms with Gasteiger partial charge >= 0.3 is 0 Å². The van der Waals surface area contributed by atoms with Gasteiger partial charge in [-0.3, -0.25) is 9.78 Å². The lowest BCUT2D eigenvalue weighted by Crippen LogP contribution is -2.36. The van der Waals surface area contributed by atoms with Gasteiger partial charge in [0.25, 0.3) is 6.43 Å². The lowest BCUT2D eigenvalue weighted by Gasteiger charge is -2.22. The van der Waals surface area contributed by atoms with Gasteiger partial charge in [0.05, 0.1) is 12.1 Å². The van der Waals surface area contributed by atoms with Crippen LogP contribution in [-0.4, -0.2) is 23.9 Å². The monoisotopic (exact) mass is 416 g/mol. The first-order chi connectivity index (χ1) is 14.0. The molecule has 3 N–H and O–H groups in total. The van der Waals surface area contributed by atoms with Crippen molar-refractivity contribution in [3.8, 4) is 0 Å². The first kappa shape index (κ1) is 19.5. The predicted molar refractivity (Wildman–Crippen MR) is 109 cm³/mol. The number of anilines is 1. The minimum absolute atomic E-state index is 0.437. The zero-order valence-corrected chi connectivity index (χ0v) is 16.1. The van der Waals surface area contributed by atoms with Crippen LogP contribution in [0.4, 0.5) is 14.5 Å². The summed E-state index contributed by atoms with van der Waals surface area (Å²) in [7, 11) is 0. The molecule has 0 bridgehead atoms. The maximum absolute atomic E-state index is 12.9. The molecule has 4 rings (SSSR count). The molecule has 8 heteroatoms. The van der Waals surface area contributed by atoms with Crippen molar-refractivity contribution in [2.75, 3.05) is 11.9 Å². The Morgan fingerprint density at radius 2 is 2.00 bits per heavy atom. The minimum Gasteiger partial charge on any atom is -0.370 e. The van der Waals surface area contributed by atoms with Crippen molar-refractivity contribution in [3.05, 3.63) is 70.4 Å². The van der Waals surface area contributed by atoms with E-state index in [1.54, 1.807) is 24.4 Å². The minimum atomic E-state index is -2.64. The number of rotatable bonds is 6. The number of fused-ring (bicyclic) bond motifs is 2. The topological polar surface area (TPSA) is 66.1 Å². The molecule has 29 heavy (non-hydrogen) atoms. The molecule has 1 amide bonds. The van der Waals surface area contributed by atoms with Gasteiger partial charge in [-0.2, -0.15) is 0 Å². The molecule has 0 radical (unpaired) electrons. The third-order valence-electron chi connectivity index (χ3n) is 4.85. The van der Waals surface area contributed by atoms with E-state index in [1.807, 2.05) is 24.3 Å². The first-order valence-electron chi connectivity index (χ1n) is 9.20. The first-order valence-corrected chi connectivity index (χ1v) is 9.58. The van der Waals surface area contributed by atoms with Crippen molar-refractivity contribution in [1.82, 2.24) is 15.6 Å². The van der Waals surface area contributed by atoms with Crippen LogP contribution in [0.15, 0.2) is 48.7 Å². The van der Waals surface area contributed by atoms with E-state index in [1.165, 1.54) is 5.56 Å². The van der Waals surface area contributed by atoms with Crippen LogP contribution in [0.2, 0.25) is 5.02 Å². The maximum atomic E-state index is 12.9. The summed E-state index contributed by atoms with van der Waals surface area (Å²) in [6, 6.07) is 11.9. The molecule has 2 heterocycles. The highest BCUT2D eigenvalue weighted by molar-refractivity contribution is 6.31. The molecular formula is C21H19ClF2N4O. The van der Waals surface area contributed by atoms with Crippen molar-refractivity contribution in [3.63, 3.8) is 0 Å². The van der Waals surface area contributed by atoms with E-state index in [0.29, 0.717) is 21.8 Å². The van der Waals surface area contributed by atoms with Gasteiger partial charge in [0.1, 0.15) is 6.04 Å². The van der Waals surface area contributed by atoms with Gasteiger partial charge in [-0.05, 0) is 41.5 Å². The summed E-state index contributed by atoms with van der Waals surface area (Å²) in [5.41, 5.74) is 4.16. The number of amides is 1. The SMILES string of the molecule is O=C(NCC(F)F)[C@H](Nc1ccc2c(c1)CNC2)c1cc(Cl)cc2cccnc12. The largest absolute Gasteiger partial charge is 0.370 e. The Balaban J connectivity index is 1.74. The summed E-state index contributed by atoms with van der Waals surface area (Å²) in [4.78, 5) is 17.2. The summed E-state index contributed by atoms with van der Waals surface area (Å²) in [5, 5.41) is 9.96. The highest BCUT2D eigenvalue weighted by Gasteiger charge is 2.25. The van der Waals surface area contributed by atoms with E-state index in [9.17, 15) is 13.6 Å². The number of nitrogens with zero attached hydrogens (tertiary/aromatic N) is 1. The van der Waals surface area contributed by atoms with Crippen LogP contribution in [0.3, 0.4) is 0 Å². The van der Waals surface area contributed by atoms with E-state index < -0.39 is 24.9 Å². The molecule has 1 atom stereocenters. The summed E-state index contributed by atoms with van der Waals surface area (Å²) in [5.74, 6) is -0.571. The van der Waals surface area contributed by atoms with Crippen molar-refractivity contribution in [1.29, 1.82) is 0 Å². The zero-order valence-electron chi connectivity index (χ0n) is 15.4. The van der Waals surface area contributed by atoms with Crippen LogP contribution in [-0.2, 0) is 17.9 Å². The lowest BCUT2D eigenvalue weighted by atomic mass is 10.0. The molecule has 0 saturated carbocycles. The smallest absolute Gasteiger partial charge is 0.255 e. The number of hydrogen-bond acceptors (Lipinski definition) is 4. The molecular weight excluding hydrogens is 398 g/mol. The number of halogens is 3. The molecule has 3 aromatic rings. The quantitative estimate of drug-likeness (QED) is 0.567. The lowest BCUT2D eigenvalue weighted by molar-refractivity contribution is -0.122. The van der Waals surface area contributed by atoms with Gasteiger partial charge < -0.3 is 16.0 Å². The molecule has 0 unspecified atom stereocenters. The summed E-state index contributed by atoms with van der Waals surface area (Å²) in [6.07, 6.45) is -1.02. The van der Waals surface area contributed by atoms with Gasteiger partial charge in [0, 0.05) is 40.9 Å². The number of pyridine rings is 1. The Morgan fingerprint density at radius 3 is 2.83 bits per heavy atom. The Labute approximate surface area is 171 Å². The highest BCUT2D eigenvalue weighted by atomic mass is 35.5. The van der Waals surface area contributed by atoms with Gasteiger partial charge in [-0.15, -0.1) is 0 Å². The molecule has 0 fully saturated rings. The molecule has 2 aromatic carbocycles. The third-order valence-corrected chi connectivity index (χ3v) is 5.07. The van der Waals surface area contributed by atoms with E-state index in [0.717, 1.165) is 24.0 Å². The van der Waals surface area contributed by atoms with Gasteiger partial charge in [0.15, 0.2) is 0 Å². The van der Waals surface area contributed by atoms with Gasteiger partial charge in [-0.1, -0.05) is 23.7 Å². The standard InChI is InChI=1S/C21H19ClF2N4O/c22-15-6-12-2-1-5-26-19(12)17(8-15)20(21(29)27-11-18(23)24)28-16-4-3-13-9-25-10-14(13)7-16/h1-8,18,20,25,28H,9-11H2,(H,27,29)/t20-/m1/s1. The predicted octanol–water partition coefficient (Wildman–Crippen LogP) is 4.03. The number of hydrogen-bond donors (Lipinski definition) is 3. The van der Waals surface area contributed by atoms with Crippen LogP contribution < -0.4 is 16.0 Å². The van der Waals surface area contributed by atoms with E-state index in [4.69, 9.17) is 11.6 Å². The molecule has 1 aliphatic rings. The van der Waals surface area contributed by atoms with Crippen LogP contribution >= 0.6 is 11.6 Å². The normalized spacial score (nSPS) is 14.1. The number of carbonyl (C=O) groups is 1. The average molecular weight is 417 g/mol. The molecule has 1 aromatic heterocycles. The van der Waals surface area contributed by atoms with E-state index in [2.05, 4.69) is 20.9 Å². The molecule has 0 spiro atoms. The third kappa shape index (κ3) is 4.31. The molecule has 0 aliphatic carbocycles. The van der Waals surface area contributed by atoms with Crippen LogP contribution in [0, 0.1) is 0 Å². The fourth-order valence-electron chi connectivity index (χ4n) is 3.52. The van der Waals surface area contributed by atoms with Crippen LogP contribution in [0.25, 0.3) is 10.9 Å². The number of carbonyl (C=O) groups excluding carboxylic acids is 1. The summed E-state index contributed by atoms with van der Waals surface area (Å²) >= 11 is 6.26. The molecule has 150 valence electrons. The fraction of sp³-hybridized carbons (Fsp3) is 0.238. The maximum Gasteiger partial charge on any atom is 0.255 e. The second kappa shape index (κ2) is 8.31. The number of aromatic nitrogens is 1. The Hall–Kier alpha value is -2.77. The molecule has 0 saturated heterocycles. The Bertz CT molecular complexity index is 1060. The van der Waals surface area contributed by atoms with E-state index >= 15 is 0 Å². The Morgan fingerprint density at radius 1 is 1.17 bits per heavy atom.